The first-order valence-corrected chi connectivity index (χ1v) is 6.89. The summed E-state index contributed by atoms with van der Waals surface area (Å²) in [5.74, 6) is -1.11. The van der Waals surface area contributed by atoms with Gasteiger partial charge in [0, 0.05) is 5.02 Å². The summed E-state index contributed by atoms with van der Waals surface area (Å²) >= 11 is 8.91. The van der Waals surface area contributed by atoms with Crippen LogP contribution in [0.1, 0.15) is 18.5 Å². The molecule has 0 amide bonds. The van der Waals surface area contributed by atoms with Gasteiger partial charge in [0.1, 0.15) is 6.54 Å². The fourth-order valence-electron chi connectivity index (χ4n) is 1.79. The van der Waals surface area contributed by atoms with Crippen LogP contribution in [0.3, 0.4) is 0 Å². The number of carboxylic acids is 1. The van der Waals surface area contributed by atoms with E-state index >= 15 is 0 Å². The van der Waals surface area contributed by atoms with Crippen molar-refractivity contribution in [3.63, 3.8) is 0 Å². The number of carbonyl (C=O) groups is 1. The summed E-state index contributed by atoms with van der Waals surface area (Å²) in [4.78, 5) is 22.9. The highest BCUT2D eigenvalue weighted by molar-refractivity contribution is 9.10. The van der Waals surface area contributed by atoms with Crippen molar-refractivity contribution in [1.82, 2.24) is 14.3 Å². The number of carboxylic acid groups (broad SMARTS) is 1. The summed E-state index contributed by atoms with van der Waals surface area (Å²) in [6.07, 6.45) is 0. The largest absolute Gasteiger partial charge is 0.480 e. The Hall–Kier alpha value is -1.60. The minimum Gasteiger partial charge on any atom is -0.480 e. The lowest BCUT2D eigenvalue weighted by Gasteiger charge is -2.10. The maximum atomic E-state index is 12.2. The number of hydrogen-bond acceptors (Lipinski definition) is 3. The van der Waals surface area contributed by atoms with Crippen molar-refractivity contribution in [3.05, 3.63) is 50.1 Å². The molecule has 1 N–H and O–H groups in total. The zero-order valence-electron chi connectivity index (χ0n) is 10.5. The SMILES string of the molecule is C[C@H](c1ccc(Cl)cc1)n1nc(Br)n(CC(=O)O)c1=O. The van der Waals surface area contributed by atoms with E-state index in [9.17, 15) is 9.59 Å². The average molecular weight is 361 g/mol. The molecule has 1 atom stereocenters. The van der Waals surface area contributed by atoms with Gasteiger partial charge >= 0.3 is 11.7 Å². The first-order valence-electron chi connectivity index (χ1n) is 5.72. The van der Waals surface area contributed by atoms with E-state index in [4.69, 9.17) is 16.7 Å². The van der Waals surface area contributed by atoms with E-state index in [0.29, 0.717) is 5.02 Å². The second-order valence-electron chi connectivity index (χ2n) is 4.20. The van der Waals surface area contributed by atoms with Crippen LogP contribution >= 0.6 is 27.5 Å². The van der Waals surface area contributed by atoms with Gasteiger partial charge in [0.05, 0.1) is 6.04 Å². The van der Waals surface area contributed by atoms with Crippen molar-refractivity contribution in [1.29, 1.82) is 0 Å². The summed E-state index contributed by atoms with van der Waals surface area (Å²) in [5, 5.41) is 13.4. The third-order valence-corrected chi connectivity index (χ3v) is 3.69. The van der Waals surface area contributed by atoms with Crippen molar-refractivity contribution in [2.45, 2.75) is 19.5 Å². The zero-order chi connectivity index (χ0) is 14.9. The molecular weight excluding hydrogens is 350 g/mol. The molecule has 0 saturated carbocycles. The van der Waals surface area contributed by atoms with Crippen LogP contribution in [-0.2, 0) is 11.3 Å². The molecule has 6 nitrogen and oxygen atoms in total. The summed E-state index contributed by atoms with van der Waals surface area (Å²) < 4.78 is 2.47. The van der Waals surface area contributed by atoms with Crippen molar-refractivity contribution in [2.75, 3.05) is 0 Å². The lowest BCUT2D eigenvalue weighted by Crippen LogP contribution is -2.29. The van der Waals surface area contributed by atoms with Crippen LogP contribution in [0.5, 0.6) is 0 Å². The molecule has 2 aromatic rings. The number of hydrogen-bond donors (Lipinski definition) is 1. The third kappa shape index (κ3) is 2.94. The van der Waals surface area contributed by atoms with Crippen LogP contribution in [-0.4, -0.2) is 25.4 Å². The van der Waals surface area contributed by atoms with Crippen LogP contribution in [0.25, 0.3) is 0 Å². The normalized spacial score (nSPS) is 12.3. The monoisotopic (exact) mass is 359 g/mol. The fraction of sp³-hybridized carbons (Fsp3) is 0.250. The highest BCUT2D eigenvalue weighted by Crippen LogP contribution is 2.19. The summed E-state index contributed by atoms with van der Waals surface area (Å²) in [5.41, 5.74) is 0.366. The van der Waals surface area contributed by atoms with E-state index in [-0.39, 0.29) is 10.8 Å². The summed E-state index contributed by atoms with van der Waals surface area (Å²) in [6.45, 7) is 1.36. The van der Waals surface area contributed by atoms with E-state index in [1.54, 1.807) is 31.2 Å². The molecule has 106 valence electrons. The molecule has 0 aliphatic rings. The minimum atomic E-state index is -1.11. The van der Waals surface area contributed by atoms with Crippen LogP contribution in [0, 0.1) is 0 Å². The molecule has 0 aliphatic carbocycles. The van der Waals surface area contributed by atoms with E-state index in [2.05, 4.69) is 21.0 Å². The quantitative estimate of drug-likeness (QED) is 0.906. The highest BCUT2D eigenvalue weighted by atomic mass is 79.9. The van der Waals surface area contributed by atoms with Crippen molar-refractivity contribution >= 4 is 33.5 Å². The van der Waals surface area contributed by atoms with E-state index in [0.717, 1.165) is 10.1 Å². The maximum Gasteiger partial charge on any atom is 0.347 e. The molecule has 8 heteroatoms. The topological polar surface area (TPSA) is 77.1 Å². The summed E-state index contributed by atoms with van der Waals surface area (Å²) in [7, 11) is 0. The molecule has 0 bridgehead atoms. The Morgan fingerprint density at radius 1 is 1.45 bits per heavy atom. The molecule has 1 heterocycles. The third-order valence-electron chi connectivity index (χ3n) is 2.85. The van der Waals surface area contributed by atoms with Crippen molar-refractivity contribution in [2.24, 2.45) is 0 Å². The van der Waals surface area contributed by atoms with Gasteiger partial charge < -0.3 is 5.11 Å². The predicted molar refractivity (Wildman–Crippen MR) is 77.1 cm³/mol. The number of benzene rings is 1. The van der Waals surface area contributed by atoms with Gasteiger partial charge in [0.25, 0.3) is 0 Å². The van der Waals surface area contributed by atoms with Gasteiger partial charge in [-0.1, -0.05) is 23.7 Å². The predicted octanol–water partition coefficient (Wildman–Crippen LogP) is 2.15. The molecular formula is C12H11BrClN3O3. The fourth-order valence-corrected chi connectivity index (χ4v) is 2.37. The molecule has 2 rings (SSSR count). The van der Waals surface area contributed by atoms with E-state index < -0.39 is 18.2 Å². The van der Waals surface area contributed by atoms with Gasteiger partial charge in [-0.05, 0) is 40.5 Å². The molecule has 0 radical (unpaired) electrons. The first-order chi connectivity index (χ1) is 9.40. The van der Waals surface area contributed by atoms with Gasteiger partial charge in [0.15, 0.2) is 0 Å². The van der Waals surface area contributed by atoms with Crippen LogP contribution in [0.15, 0.2) is 33.8 Å². The molecule has 1 aromatic carbocycles. The number of halogens is 2. The second-order valence-corrected chi connectivity index (χ2v) is 5.35. The first kappa shape index (κ1) is 14.8. The number of nitrogens with zero attached hydrogens (tertiary/aromatic N) is 3. The Kier molecular flexibility index (Phi) is 4.29. The Balaban J connectivity index is 2.40. The van der Waals surface area contributed by atoms with Gasteiger partial charge in [0.2, 0.25) is 4.73 Å². The number of aromatic nitrogens is 3. The highest BCUT2D eigenvalue weighted by Gasteiger charge is 2.18. The lowest BCUT2D eigenvalue weighted by molar-refractivity contribution is -0.137. The van der Waals surface area contributed by atoms with Crippen LogP contribution in [0.2, 0.25) is 5.02 Å². The average Bonchev–Trinajstić information content (AvgIpc) is 2.66. The maximum absolute atomic E-state index is 12.2. The Morgan fingerprint density at radius 2 is 2.05 bits per heavy atom. The van der Waals surface area contributed by atoms with E-state index in [1.165, 1.54) is 4.68 Å². The molecule has 0 saturated heterocycles. The van der Waals surface area contributed by atoms with Crippen LogP contribution < -0.4 is 5.69 Å². The Labute approximate surface area is 127 Å². The zero-order valence-corrected chi connectivity index (χ0v) is 12.8. The van der Waals surface area contributed by atoms with Gasteiger partial charge in [-0.3, -0.25) is 9.36 Å². The van der Waals surface area contributed by atoms with Crippen molar-refractivity contribution < 1.29 is 9.90 Å². The number of rotatable bonds is 4. The van der Waals surface area contributed by atoms with Crippen LogP contribution in [0.4, 0.5) is 0 Å². The second kappa shape index (κ2) is 5.80. The molecule has 0 spiro atoms. The Morgan fingerprint density at radius 3 is 2.60 bits per heavy atom. The molecule has 0 aliphatic heterocycles. The minimum absolute atomic E-state index is 0.186. The summed E-state index contributed by atoms with van der Waals surface area (Å²) in [6, 6.07) is 6.71. The smallest absolute Gasteiger partial charge is 0.347 e. The van der Waals surface area contributed by atoms with Gasteiger partial charge in [-0.2, -0.15) is 0 Å². The molecule has 0 fully saturated rings. The molecule has 20 heavy (non-hydrogen) atoms. The van der Waals surface area contributed by atoms with Crippen molar-refractivity contribution in [3.8, 4) is 0 Å². The Bertz CT molecular complexity index is 693. The molecule has 1 aromatic heterocycles. The van der Waals surface area contributed by atoms with Gasteiger partial charge in [-0.25, -0.2) is 9.48 Å². The molecule has 0 unspecified atom stereocenters. The number of aliphatic carboxylic acids is 1. The lowest BCUT2D eigenvalue weighted by atomic mass is 10.1. The standard InChI is InChI=1S/C12H11BrClN3O3/c1-7(8-2-4-9(14)5-3-8)17-12(20)16(6-10(18)19)11(13)15-17/h2-5,7H,6H2,1H3,(H,18,19)/t7-/m1/s1. The van der Waals surface area contributed by atoms with E-state index in [1.807, 2.05) is 0 Å². The van der Waals surface area contributed by atoms with Gasteiger partial charge in [-0.15, -0.1) is 5.10 Å².